The van der Waals surface area contributed by atoms with Gasteiger partial charge in [-0.15, -0.1) is 0 Å². The summed E-state index contributed by atoms with van der Waals surface area (Å²) in [6, 6.07) is 10.6. The molecule has 1 fully saturated rings. The van der Waals surface area contributed by atoms with E-state index in [-0.39, 0.29) is 36.4 Å². The molecule has 8 nitrogen and oxygen atoms in total. The first-order valence-corrected chi connectivity index (χ1v) is 10.9. The lowest BCUT2D eigenvalue weighted by Gasteiger charge is -2.29. The van der Waals surface area contributed by atoms with Crippen LogP contribution in [0.4, 0.5) is 0 Å². The molecule has 0 bridgehead atoms. The Bertz CT molecular complexity index is 1340. The van der Waals surface area contributed by atoms with Gasteiger partial charge in [0.05, 0.1) is 0 Å². The third-order valence-electron chi connectivity index (χ3n) is 6.34. The maximum Gasteiger partial charge on any atom is 0.287 e. The van der Waals surface area contributed by atoms with Crippen molar-refractivity contribution in [2.24, 2.45) is 0 Å². The molecule has 0 saturated carbocycles. The van der Waals surface area contributed by atoms with Crippen LogP contribution in [0.3, 0.4) is 0 Å². The molecule has 1 atom stereocenters. The summed E-state index contributed by atoms with van der Waals surface area (Å²) in [4.78, 5) is 50.7. The lowest BCUT2D eigenvalue weighted by atomic mass is 10.0. The predicted molar refractivity (Wildman–Crippen MR) is 119 cm³/mol. The van der Waals surface area contributed by atoms with E-state index in [0.29, 0.717) is 24.1 Å². The van der Waals surface area contributed by atoms with Gasteiger partial charge < -0.3 is 14.6 Å². The van der Waals surface area contributed by atoms with Crippen LogP contribution in [0.2, 0.25) is 0 Å². The number of carbonyl (C=O) groups is 4. The van der Waals surface area contributed by atoms with Gasteiger partial charge in [0, 0.05) is 36.0 Å². The maximum atomic E-state index is 12.8. The maximum absolute atomic E-state index is 12.8. The highest BCUT2D eigenvalue weighted by molar-refractivity contribution is 6.05. The van der Waals surface area contributed by atoms with Crippen LogP contribution in [0.5, 0.6) is 0 Å². The Morgan fingerprint density at radius 1 is 1.15 bits per heavy atom. The van der Waals surface area contributed by atoms with Gasteiger partial charge in [-0.25, -0.2) is 0 Å². The molecule has 5 rings (SSSR count). The molecule has 168 valence electrons. The molecule has 3 heterocycles. The number of imide groups is 1. The Morgan fingerprint density at radius 2 is 1.97 bits per heavy atom. The molecule has 0 radical (unpaired) electrons. The van der Waals surface area contributed by atoms with Crippen LogP contribution < -0.4 is 10.6 Å². The summed E-state index contributed by atoms with van der Waals surface area (Å²) in [7, 11) is 0. The molecular formula is C25H23N3O5. The number of nitrogens with one attached hydrogen (secondary N) is 2. The average Bonchev–Trinajstić information content (AvgIpc) is 3.28. The summed E-state index contributed by atoms with van der Waals surface area (Å²) in [6.07, 6.45) is 0.540. The summed E-state index contributed by atoms with van der Waals surface area (Å²) in [5, 5.41) is 6.10. The topological polar surface area (TPSA) is 109 Å². The van der Waals surface area contributed by atoms with Crippen molar-refractivity contribution in [2.45, 2.75) is 45.8 Å². The van der Waals surface area contributed by atoms with Crippen LogP contribution in [0.1, 0.15) is 56.0 Å². The third-order valence-corrected chi connectivity index (χ3v) is 6.34. The number of piperidine rings is 1. The van der Waals surface area contributed by atoms with Crippen LogP contribution in [0.15, 0.2) is 40.8 Å². The SMILES string of the molecule is Cc1ccc2c(C)c(C(=O)NCc3ccc4c(c3)CN(C3CCC(=O)NC3=O)C4=O)oc2c1. The first kappa shape index (κ1) is 20.9. The van der Waals surface area contributed by atoms with E-state index in [1.807, 2.05) is 38.1 Å². The summed E-state index contributed by atoms with van der Waals surface area (Å²) in [6.45, 7) is 4.40. The first-order chi connectivity index (χ1) is 15.8. The fourth-order valence-corrected chi connectivity index (χ4v) is 4.55. The second kappa shape index (κ2) is 7.88. The number of furan rings is 1. The lowest BCUT2D eigenvalue weighted by Crippen LogP contribution is -2.52. The molecule has 0 spiro atoms. The number of benzene rings is 2. The number of hydrogen-bond acceptors (Lipinski definition) is 5. The Kier molecular flexibility index (Phi) is 5.00. The fraction of sp³-hybridized carbons (Fsp3) is 0.280. The molecule has 1 saturated heterocycles. The van der Waals surface area contributed by atoms with E-state index in [2.05, 4.69) is 10.6 Å². The molecular weight excluding hydrogens is 422 g/mol. The Balaban J connectivity index is 1.29. The Labute approximate surface area is 189 Å². The van der Waals surface area contributed by atoms with Gasteiger partial charge in [0.2, 0.25) is 11.8 Å². The lowest BCUT2D eigenvalue weighted by molar-refractivity contribution is -0.136. The van der Waals surface area contributed by atoms with Crippen molar-refractivity contribution < 1.29 is 23.6 Å². The number of carbonyl (C=O) groups excluding carboxylic acids is 4. The van der Waals surface area contributed by atoms with Crippen molar-refractivity contribution in [1.29, 1.82) is 0 Å². The predicted octanol–water partition coefficient (Wildman–Crippen LogP) is 2.74. The molecule has 2 aliphatic heterocycles. The number of amides is 4. The molecule has 3 aromatic rings. The second-order valence-corrected chi connectivity index (χ2v) is 8.63. The normalized spacial score (nSPS) is 17.9. The zero-order valence-corrected chi connectivity index (χ0v) is 18.4. The first-order valence-electron chi connectivity index (χ1n) is 10.9. The van der Waals surface area contributed by atoms with Crippen LogP contribution >= 0.6 is 0 Å². The highest BCUT2D eigenvalue weighted by Gasteiger charge is 2.39. The van der Waals surface area contributed by atoms with Crippen LogP contribution in [-0.2, 0) is 22.7 Å². The van der Waals surface area contributed by atoms with Crippen molar-refractivity contribution in [3.63, 3.8) is 0 Å². The summed E-state index contributed by atoms with van der Waals surface area (Å²) >= 11 is 0. The number of fused-ring (bicyclic) bond motifs is 2. The van der Waals surface area contributed by atoms with Gasteiger partial charge in [0.1, 0.15) is 11.6 Å². The smallest absolute Gasteiger partial charge is 0.287 e. The Hall–Kier alpha value is -3.94. The van der Waals surface area contributed by atoms with Gasteiger partial charge in [-0.2, -0.15) is 0 Å². The van der Waals surface area contributed by atoms with E-state index in [1.165, 1.54) is 4.90 Å². The highest BCUT2D eigenvalue weighted by atomic mass is 16.3. The molecule has 2 aromatic carbocycles. The second-order valence-electron chi connectivity index (χ2n) is 8.63. The van der Waals surface area contributed by atoms with E-state index in [4.69, 9.17) is 4.42 Å². The summed E-state index contributed by atoms with van der Waals surface area (Å²) in [5.41, 5.74) is 4.71. The summed E-state index contributed by atoms with van der Waals surface area (Å²) < 4.78 is 5.79. The van der Waals surface area contributed by atoms with Crippen LogP contribution in [0.25, 0.3) is 11.0 Å². The molecule has 8 heteroatoms. The number of aryl methyl sites for hydroxylation is 2. The minimum atomic E-state index is -0.648. The molecule has 4 amide bonds. The minimum Gasteiger partial charge on any atom is -0.451 e. The molecule has 0 aliphatic carbocycles. The van der Waals surface area contributed by atoms with Gasteiger partial charge in [-0.1, -0.05) is 24.3 Å². The minimum absolute atomic E-state index is 0.217. The van der Waals surface area contributed by atoms with E-state index >= 15 is 0 Å². The van der Waals surface area contributed by atoms with Crippen molar-refractivity contribution in [2.75, 3.05) is 0 Å². The van der Waals surface area contributed by atoms with Gasteiger partial charge >= 0.3 is 0 Å². The van der Waals surface area contributed by atoms with Crippen LogP contribution in [0, 0.1) is 13.8 Å². The third kappa shape index (κ3) is 3.67. The van der Waals surface area contributed by atoms with Crippen molar-refractivity contribution in [3.05, 3.63) is 70.0 Å². The van der Waals surface area contributed by atoms with E-state index < -0.39 is 11.9 Å². The van der Waals surface area contributed by atoms with E-state index in [9.17, 15) is 19.2 Å². The van der Waals surface area contributed by atoms with Gasteiger partial charge in [0.25, 0.3) is 11.8 Å². The zero-order chi connectivity index (χ0) is 23.3. The summed E-state index contributed by atoms with van der Waals surface area (Å²) in [5.74, 6) is -0.980. The number of hydrogen-bond donors (Lipinski definition) is 2. The zero-order valence-electron chi connectivity index (χ0n) is 18.4. The van der Waals surface area contributed by atoms with Crippen molar-refractivity contribution >= 4 is 34.6 Å². The molecule has 2 aliphatic rings. The van der Waals surface area contributed by atoms with Crippen molar-refractivity contribution in [3.8, 4) is 0 Å². The van der Waals surface area contributed by atoms with Gasteiger partial charge in [0.15, 0.2) is 5.76 Å². The monoisotopic (exact) mass is 445 g/mol. The van der Waals surface area contributed by atoms with Gasteiger partial charge in [-0.3, -0.25) is 24.5 Å². The van der Waals surface area contributed by atoms with E-state index in [1.54, 1.807) is 12.1 Å². The molecule has 1 aromatic heterocycles. The Morgan fingerprint density at radius 3 is 2.76 bits per heavy atom. The molecule has 2 N–H and O–H groups in total. The quantitative estimate of drug-likeness (QED) is 0.601. The molecule has 33 heavy (non-hydrogen) atoms. The standard InChI is InChI=1S/C25H23N3O5/c1-13-3-5-17-14(2)22(33-20(17)9-13)24(31)26-11-15-4-6-18-16(10-15)12-28(25(18)32)19-7-8-21(29)27-23(19)30/h3-6,9-10,19H,7-8,11-12H2,1-2H3,(H,26,31)(H,27,29,30). The van der Waals surface area contributed by atoms with Crippen molar-refractivity contribution in [1.82, 2.24) is 15.5 Å². The highest BCUT2D eigenvalue weighted by Crippen LogP contribution is 2.29. The van der Waals surface area contributed by atoms with Gasteiger partial charge in [-0.05, 0) is 49.1 Å². The van der Waals surface area contributed by atoms with Crippen LogP contribution in [-0.4, -0.2) is 34.6 Å². The fourth-order valence-electron chi connectivity index (χ4n) is 4.55. The largest absolute Gasteiger partial charge is 0.451 e. The number of rotatable bonds is 4. The number of nitrogens with zero attached hydrogens (tertiary/aromatic N) is 1. The average molecular weight is 445 g/mol. The molecule has 1 unspecified atom stereocenters. The van der Waals surface area contributed by atoms with E-state index in [0.717, 1.165) is 27.6 Å².